The Labute approximate surface area is 79.5 Å². The minimum absolute atomic E-state index is 0.428. The Morgan fingerprint density at radius 3 is 2.54 bits per heavy atom. The van der Waals surface area contributed by atoms with E-state index in [0.29, 0.717) is 12.6 Å². The predicted molar refractivity (Wildman–Crippen MR) is 51.7 cm³/mol. The molecule has 3 heteroatoms. The number of rotatable bonds is 5. The molecule has 1 aliphatic carbocycles. The van der Waals surface area contributed by atoms with Gasteiger partial charge in [0.25, 0.3) is 0 Å². The van der Waals surface area contributed by atoms with Gasteiger partial charge in [0.1, 0.15) is 0 Å². The van der Waals surface area contributed by atoms with Gasteiger partial charge in [-0.15, -0.1) is 0 Å². The van der Waals surface area contributed by atoms with Crippen molar-refractivity contribution in [2.45, 2.75) is 45.6 Å². The Morgan fingerprint density at radius 2 is 2.23 bits per heavy atom. The van der Waals surface area contributed by atoms with Crippen LogP contribution in [-0.2, 0) is 4.79 Å². The molecule has 0 spiro atoms. The average Bonchev–Trinajstić information content (AvgIpc) is 2.01. The molecular formula is C10H19NO2. The summed E-state index contributed by atoms with van der Waals surface area (Å²) in [7, 11) is 0. The second-order valence-corrected chi connectivity index (χ2v) is 4.13. The molecule has 0 amide bonds. The van der Waals surface area contributed by atoms with E-state index in [4.69, 9.17) is 5.11 Å². The molecule has 1 saturated carbocycles. The molecule has 76 valence electrons. The van der Waals surface area contributed by atoms with Crippen molar-refractivity contribution >= 4 is 5.97 Å². The first-order chi connectivity index (χ1) is 6.10. The Balaban J connectivity index is 2.36. The second kappa shape index (κ2) is 4.09. The Bertz CT molecular complexity index is 187. The molecule has 1 atom stereocenters. The highest BCUT2D eigenvalue weighted by atomic mass is 16.4. The molecule has 0 aromatic rings. The zero-order chi connectivity index (χ0) is 9.90. The SMILES string of the molecule is CCC(C)NCC1(C(=O)O)CCC1. The molecule has 2 N–H and O–H groups in total. The fourth-order valence-electron chi connectivity index (χ4n) is 1.58. The Morgan fingerprint density at radius 1 is 1.62 bits per heavy atom. The van der Waals surface area contributed by atoms with Crippen LogP contribution in [0.2, 0.25) is 0 Å². The number of carboxylic acid groups (broad SMARTS) is 1. The van der Waals surface area contributed by atoms with Crippen LogP contribution in [0.1, 0.15) is 39.5 Å². The van der Waals surface area contributed by atoms with E-state index in [0.717, 1.165) is 25.7 Å². The van der Waals surface area contributed by atoms with Crippen molar-refractivity contribution in [3.05, 3.63) is 0 Å². The molecule has 1 unspecified atom stereocenters. The molecule has 1 fully saturated rings. The first-order valence-electron chi connectivity index (χ1n) is 5.07. The summed E-state index contributed by atoms with van der Waals surface area (Å²) < 4.78 is 0. The van der Waals surface area contributed by atoms with Crippen LogP contribution < -0.4 is 5.32 Å². The second-order valence-electron chi connectivity index (χ2n) is 4.13. The molecule has 0 aromatic heterocycles. The lowest BCUT2D eigenvalue weighted by atomic mass is 9.68. The van der Waals surface area contributed by atoms with Crippen LogP contribution in [0.15, 0.2) is 0 Å². The van der Waals surface area contributed by atoms with Gasteiger partial charge in [-0.05, 0) is 26.2 Å². The third-order valence-corrected chi connectivity index (χ3v) is 3.17. The quantitative estimate of drug-likeness (QED) is 0.684. The maximum Gasteiger partial charge on any atom is 0.310 e. The van der Waals surface area contributed by atoms with Crippen molar-refractivity contribution in [1.82, 2.24) is 5.32 Å². The summed E-state index contributed by atoms with van der Waals surface area (Å²) in [6.07, 6.45) is 3.79. The number of hydrogen-bond acceptors (Lipinski definition) is 2. The van der Waals surface area contributed by atoms with E-state index in [9.17, 15) is 4.79 Å². The molecule has 0 aromatic carbocycles. The molecular weight excluding hydrogens is 166 g/mol. The maximum atomic E-state index is 11.0. The average molecular weight is 185 g/mol. The van der Waals surface area contributed by atoms with Gasteiger partial charge in [0, 0.05) is 12.6 Å². The van der Waals surface area contributed by atoms with Crippen LogP contribution >= 0.6 is 0 Å². The number of aliphatic carboxylic acids is 1. The highest BCUT2D eigenvalue weighted by molar-refractivity contribution is 5.76. The van der Waals surface area contributed by atoms with E-state index in [1.165, 1.54) is 0 Å². The summed E-state index contributed by atoms with van der Waals surface area (Å²) >= 11 is 0. The number of nitrogens with one attached hydrogen (secondary N) is 1. The highest BCUT2D eigenvalue weighted by Crippen LogP contribution is 2.40. The van der Waals surface area contributed by atoms with E-state index in [1.807, 2.05) is 0 Å². The summed E-state index contributed by atoms with van der Waals surface area (Å²) in [5, 5.41) is 12.3. The Kier molecular flexibility index (Phi) is 3.31. The molecule has 0 radical (unpaired) electrons. The molecule has 1 aliphatic rings. The molecule has 1 rings (SSSR count). The van der Waals surface area contributed by atoms with E-state index in [-0.39, 0.29) is 0 Å². The van der Waals surface area contributed by atoms with Crippen LogP contribution in [-0.4, -0.2) is 23.7 Å². The van der Waals surface area contributed by atoms with Crippen LogP contribution in [0.5, 0.6) is 0 Å². The standard InChI is InChI=1S/C10H19NO2/c1-3-8(2)11-7-10(9(12)13)5-4-6-10/h8,11H,3-7H2,1-2H3,(H,12,13). The monoisotopic (exact) mass is 185 g/mol. The van der Waals surface area contributed by atoms with Gasteiger partial charge >= 0.3 is 5.97 Å². The Hall–Kier alpha value is -0.570. The number of carboxylic acids is 1. The summed E-state index contributed by atoms with van der Waals surface area (Å²) in [6.45, 7) is 4.83. The minimum Gasteiger partial charge on any atom is -0.481 e. The number of carbonyl (C=O) groups is 1. The van der Waals surface area contributed by atoms with Gasteiger partial charge in [-0.25, -0.2) is 0 Å². The lowest BCUT2D eigenvalue weighted by Gasteiger charge is -2.38. The molecule has 0 saturated heterocycles. The van der Waals surface area contributed by atoms with Crippen molar-refractivity contribution < 1.29 is 9.90 Å². The fraction of sp³-hybridized carbons (Fsp3) is 0.900. The summed E-state index contributed by atoms with van der Waals surface area (Å²) in [5.74, 6) is -0.630. The maximum absolute atomic E-state index is 11.0. The van der Waals surface area contributed by atoms with Crippen LogP contribution in [0.25, 0.3) is 0 Å². The van der Waals surface area contributed by atoms with Gasteiger partial charge in [0.15, 0.2) is 0 Å². The van der Waals surface area contributed by atoms with Crippen LogP contribution in [0.3, 0.4) is 0 Å². The summed E-state index contributed by atoms with van der Waals surface area (Å²) in [5.41, 5.74) is -0.441. The van der Waals surface area contributed by atoms with Crippen molar-refractivity contribution in [2.75, 3.05) is 6.54 Å². The van der Waals surface area contributed by atoms with E-state index in [1.54, 1.807) is 0 Å². The van der Waals surface area contributed by atoms with Crippen LogP contribution in [0, 0.1) is 5.41 Å². The van der Waals surface area contributed by atoms with Crippen molar-refractivity contribution in [3.8, 4) is 0 Å². The zero-order valence-electron chi connectivity index (χ0n) is 8.47. The number of hydrogen-bond donors (Lipinski definition) is 2. The smallest absolute Gasteiger partial charge is 0.310 e. The lowest BCUT2D eigenvalue weighted by Crippen LogP contribution is -2.48. The van der Waals surface area contributed by atoms with Crippen molar-refractivity contribution in [3.63, 3.8) is 0 Å². The van der Waals surface area contributed by atoms with Crippen molar-refractivity contribution in [1.29, 1.82) is 0 Å². The topological polar surface area (TPSA) is 49.3 Å². The lowest BCUT2D eigenvalue weighted by molar-refractivity contribution is -0.154. The van der Waals surface area contributed by atoms with Crippen molar-refractivity contribution in [2.24, 2.45) is 5.41 Å². The third kappa shape index (κ3) is 2.21. The normalized spacial score (nSPS) is 22.0. The van der Waals surface area contributed by atoms with Gasteiger partial charge in [-0.2, -0.15) is 0 Å². The van der Waals surface area contributed by atoms with Gasteiger partial charge in [-0.3, -0.25) is 4.79 Å². The van der Waals surface area contributed by atoms with E-state index >= 15 is 0 Å². The summed E-state index contributed by atoms with van der Waals surface area (Å²) in [6, 6.07) is 0.428. The fourth-order valence-corrected chi connectivity index (χ4v) is 1.58. The van der Waals surface area contributed by atoms with E-state index < -0.39 is 11.4 Å². The summed E-state index contributed by atoms with van der Waals surface area (Å²) in [4.78, 5) is 11.0. The largest absolute Gasteiger partial charge is 0.481 e. The molecule has 13 heavy (non-hydrogen) atoms. The predicted octanol–water partition coefficient (Wildman–Crippen LogP) is 1.63. The van der Waals surface area contributed by atoms with Gasteiger partial charge < -0.3 is 10.4 Å². The van der Waals surface area contributed by atoms with Gasteiger partial charge in [0.2, 0.25) is 0 Å². The zero-order valence-corrected chi connectivity index (χ0v) is 8.47. The molecule has 0 bridgehead atoms. The van der Waals surface area contributed by atoms with Gasteiger partial charge in [0.05, 0.1) is 5.41 Å². The first-order valence-corrected chi connectivity index (χ1v) is 5.07. The van der Waals surface area contributed by atoms with Gasteiger partial charge in [-0.1, -0.05) is 13.3 Å². The van der Waals surface area contributed by atoms with E-state index in [2.05, 4.69) is 19.2 Å². The first kappa shape index (κ1) is 10.5. The van der Waals surface area contributed by atoms with Crippen LogP contribution in [0.4, 0.5) is 0 Å². The molecule has 0 heterocycles. The highest BCUT2D eigenvalue weighted by Gasteiger charge is 2.43. The molecule has 3 nitrogen and oxygen atoms in total. The molecule has 0 aliphatic heterocycles. The third-order valence-electron chi connectivity index (χ3n) is 3.17. The minimum atomic E-state index is -0.630.